The topological polar surface area (TPSA) is 54.3 Å². The molecule has 1 aromatic carbocycles. The standard InChI is InChI=1S/C21H20N4O/c1-22-20-11-25-21-17(20)9-15(10-24-21)14-7-13-4-6-26-12-18(13)16(8-14)19-3-2-5-23-19/h7-11,19,23H,2-6,12H2,(H,24,25)/t19-/m0/s1. The lowest BCUT2D eigenvalue weighted by Crippen LogP contribution is -2.19. The minimum atomic E-state index is 0.410. The third-order valence-electron chi connectivity index (χ3n) is 5.54. The summed E-state index contributed by atoms with van der Waals surface area (Å²) in [6, 6.07) is 7.07. The number of nitrogens with one attached hydrogen (secondary N) is 2. The fourth-order valence-electron chi connectivity index (χ4n) is 4.18. The Balaban J connectivity index is 1.67. The van der Waals surface area contributed by atoms with E-state index >= 15 is 0 Å². The van der Waals surface area contributed by atoms with E-state index in [-0.39, 0.29) is 0 Å². The van der Waals surface area contributed by atoms with E-state index in [0.717, 1.165) is 36.2 Å². The van der Waals surface area contributed by atoms with Crippen LogP contribution < -0.4 is 5.32 Å². The van der Waals surface area contributed by atoms with Crippen molar-refractivity contribution in [2.75, 3.05) is 13.2 Å². The van der Waals surface area contributed by atoms with Crippen molar-refractivity contribution >= 4 is 16.7 Å². The summed E-state index contributed by atoms with van der Waals surface area (Å²) in [4.78, 5) is 11.2. The van der Waals surface area contributed by atoms with Crippen molar-refractivity contribution in [2.45, 2.75) is 31.9 Å². The van der Waals surface area contributed by atoms with Gasteiger partial charge in [0.2, 0.25) is 5.69 Å². The van der Waals surface area contributed by atoms with Crippen LogP contribution in [0.1, 0.15) is 35.6 Å². The minimum Gasteiger partial charge on any atom is -0.376 e. The van der Waals surface area contributed by atoms with Gasteiger partial charge in [-0.15, -0.1) is 0 Å². The first-order valence-corrected chi connectivity index (χ1v) is 9.15. The Morgan fingerprint density at radius 2 is 2.19 bits per heavy atom. The Labute approximate surface area is 152 Å². The molecule has 2 aliphatic rings. The van der Waals surface area contributed by atoms with Crippen LogP contribution in [0.5, 0.6) is 0 Å². The molecule has 0 bridgehead atoms. The number of rotatable bonds is 2. The molecule has 2 N–H and O–H groups in total. The molecule has 0 aliphatic carbocycles. The van der Waals surface area contributed by atoms with Gasteiger partial charge in [-0.1, -0.05) is 12.1 Å². The first-order valence-electron chi connectivity index (χ1n) is 9.15. The number of hydrogen-bond donors (Lipinski definition) is 2. The SMILES string of the molecule is [C-]#[N+]c1c[nH]c2ncc(-c3cc4c(c([C@@H]5CCCN5)c3)COCC4)cc12. The molecule has 130 valence electrons. The zero-order valence-electron chi connectivity index (χ0n) is 14.5. The maximum Gasteiger partial charge on any atom is 0.213 e. The highest BCUT2D eigenvalue weighted by Gasteiger charge is 2.24. The second kappa shape index (κ2) is 6.24. The Morgan fingerprint density at radius 1 is 1.23 bits per heavy atom. The van der Waals surface area contributed by atoms with Crippen molar-refractivity contribution < 1.29 is 4.74 Å². The van der Waals surface area contributed by atoms with Gasteiger partial charge in [-0.3, -0.25) is 0 Å². The molecule has 5 rings (SSSR count). The number of benzene rings is 1. The summed E-state index contributed by atoms with van der Waals surface area (Å²) in [5.41, 5.74) is 7.75. The molecule has 2 aliphatic heterocycles. The average molecular weight is 344 g/mol. The van der Waals surface area contributed by atoms with Crippen LogP contribution in [-0.2, 0) is 17.8 Å². The van der Waals surface area contributed by atoms with E-state index in [9.17, 15) is 0 Å². The molecule has 4 heterocycles. The van der Waals surface area contributed by atoms with E-state index in [1.165, 1.54) is 35.1 Å². The molecule has 3 aromatic rings. The summed E-state index contributed by atoms with van der Waals surface area (Å²) in [6.45, 7) is 9.91. The molecule has 2 aromatic heterocycles. The Morgan fingerprint density at radius 3 is 3.04 bits per heavy atom. The van der Waals surface area contributed by atoms with Gasteiger partial charge in [-0.25, -0.2) is 9.83 Å². The fourth-order valence-corrected chi connectivity index (χ4v) is 4.18. The van der Waals surface area contributed by atoms with Crippen molar-refractivity contribution in [3.63, 3.8) is 0 Å². The van der Waals surface area contributed by atoms with Gasteiger partial charge in [-0.05, 0) is 59.7 Å². The molecule has 0 saturated carbocycles. The maximum absolute atomic E-state index is 7.34. The molecule has 0 unspecified atom stereocenters. The molecule has 1 saturated heterocycles. The smallest absolute Gasteiger partial charge is 0.213 e. The third-order valence-corrected chi connectivity index (χ3v) is 5.54. The quantitative estimate of drug-likeness (QED) is 0.682. The molecule has 5 nitrogen and oxygen atoms in total. The molecule has 1 atom stereocenters. The van der Waals surface area contributed by atoms with Crippen LogP contribution in [0.15, 0.2) is 30.6 Å². The van der Waals surface area contributed by atoms with Crippen molar-refractivity contribution in [3.8, 4) is 11.1 Å². The van der Waals surface area contributed by atoms with Crippen molar-refractivity contribution in [1.82, 2.24) is 15.3 Å². The highest BCUT2D eigenvalue weighted by molar-refractivity contribution is 5.93. The third kappa shape index (κ3) is 2.50. The van der Waals surface area contributed by atoms with E-state index in [2.05, 4.69) is 38.3 Å². The molecule has 0 amide bonds. The van der Waals surface area contributed by atoms with Crippen LogP contribution in [0, 0.1) is 6.57 Å². The molecule has 26 heavy (non-hydrogen) atoms. The summed E-state index contributed by atoms with van der Waals surface area (Å²) in [5.74, 6) is 0. The summed E-state index contributed by atoms with van der Waals surface area (Å²) >= 11 is 0. The zero-order valence-corrected chi connectivity index (χ0v) is 14.5. The summed E-state index contributed by atoms with van der Waals surface area (Å²) in [5, 5.41) is 4.52. The number of aromatic amines is 1. The predicted octanol–water partition coefficient (Wildman–Crippen LogP) is 4.28. The Hall–Kier alpha value is -2.68. The lowest BCUT2D eigenvalue weighted by Gasteiger charge is -2.24. The van der Waals surface area contributed by atoms with E-state index in [1.54, 1.807) is 6.20 Å². The minimum absolute atomic E-state index is 0.410. The van der Waals surface area contributed by atoms with Crippen molar-refractivity contribution in [3.05, 3.63) is 58.7 Å². The number of H-pyrrole nitrogens is 1. The van der Waals surface area contributed by atoms with Crippen LogP contribution >= 0.6 is 0 Å². The lowest BCUT2D eigenvalue weighted by molar-refractivity contribution is 0.109. The van der Waals surface area contributed by atoms with Crippen molar-refractivity contribution in [1.29, 1.82) is 0 Å². The van der Waals surface area contributed by atoms with E-state index in [0.29, 0.717) is 18.3 Å². The highest BCUT2D eigenvalue weighted by Crippen LogP contribution is 2.36. The Bertz CT molecular complexity index is 1020. The number of nitrogens with zero attached hydrogens (tertiary/aromatic N) is 2. The largest absolute Gasteiger partial charge is 0.376 e. The second-order valence-corrected chi connectivity index (χ2v) is 7.06. The van der Waals surface area contributed by atoms with Crippen LogP contribution in [0.2, 0.25) is 0 Å². The van der Waals surface area contributed by atoms with E-state index in [4.69, 9.17) is 11.3 Å². The van der Waals surface area contributed by atoms with E-state index in [1.807, 2.05) is 6.20 Å². The monoisotopic (exact) mass is 344 g/mol. The number of ether oxygens (including phenoxy) is 1. The normalized spacial score (nSPS) is 19.4. The average Bonchev–Trinajstić information content (AvgIpc) is 3.36. The molecular weight excluding hydrogens is 324 g/mol. The first kappa shape index (κ1) is 15.6. The lowest BCUT2D eigenvalue weighted by atomic mass is 9.88. The Kier molecular flexibility index (Phi) is 3.74. The van der Waals surface area contributed by atoms with E-state index < -0.39 is 0 Å². The van der Waals surface area contributed by atoms with Crippen LogP contribution in [-0.4, -0.2) is 23.1 Å². The van der Waals surface area contributed by atoms with Crippen LogP contribution in [0.4, 0.5) is 5.69 Å². The number of hydrogen-bond acceptors (Lipinski definition) is 3. The first-order chi connectivity index (χ1) is 12.8. The zero-order chi connectivity index (χ0) is 17.5. The number of aromatic nitrogens is 2. The van der Waals surface area contributed by atoms with Gasteiger partial charge in [0.25, 0.3) is 0 Å². The predicted molar refractivity (Wildman–Crippen MR) is 101 cm³/mol. The van der Waals surface area contributed by atoms with Crippen LogP contribution in [0.25, 0.3) is 27.0 Å². The summed E-state index contributed by atoms with van der Waals surface area (Å²) < 4.78 is 5.74. The number of pyridine rings is 1. The molecular formula is C21H20N4O. The highest BCUT2D eigenvalue weighted by atomic mass is 16.5. The molecule has 1 fully saturated rings. The summed E-state index contributed by atoms with van der Waals surface area (Å²) in [7, 11) is 0. The van der Waals surface area contributed by atoms with Gasteiger partial charge >= 0.3 is 0 Å². The van der Waals surface area contributed by atoms with Crippen LogP contribution in [0.3, 0.4) is 0 Å². The fraction of sp³-hybridized carbons (Fsp3) is 0.333. The van der Waals surface area contributed by atoms with Gasteiger partial charge < -0.3 is 15.0 Å². The summed E-state index contributed by atoms with van der Waals surface area (Å²) in [6.07, 6.45) is 6.98. The van der Waals surface area contributed by atoms with Gasteiger partial charge in [0.05, 0.1) is 19.8 Å². The van der Waals surface area contributed by atoms with Gasteiger partial charge in [-0.2, -0.15) is 0 Å². The molecule has 0 spiro atoms. The second-order valence-electron chi connectivity index (χ2n) is 7.06. The molecule has 0 radical (unpaired) electrons. The molecule has 5 heteroatoms. The van der Waals surface area contributed by atoms with Crippen molar-refractivity contribution in [2.24, 2.45) is 0 Å². The maximum atomic E-state index is 7.34. The van der Waals surface area contributed by atoms with Gasteiger partial charge in [0, 0.05) is 23.8 Å². The van der Waals surface area contributed by atoms with Gasteiger partial charge in [0.1, 0.15) is 5.65 Å². The van der Waals surface area contributed by atoms with Gasteiger partial charge in [0.15, 0.2) is 0 Å². The number of fused-ring (bicyclic) bond motifs is 2.